The van der Waals surface area contributed by atoms with Crippen LogP contribution in [-0.2, 0) is 6.18 Å². The molecule has 0 aliphatic heterocycles. The Labute approximate surface area is 81.1 Å². The number of halogens is 4. The van der Waals surface area contributed by atoms with E-state index in [9.17, 15) is 13.2 Å². The molecule has 13 heavy (non-hydrogen) atoms. The molecule has 1 heterocycles. The maximum Gasteiger partial charge on any atom is 0.434 e. The lowest BCUT2D eigenvalue weighted by Crippen LogP contribution is -2.11. The molecule has 2 N–H and O–H groups in total. The molecule has 0 amide bonds. The summed E-state index contributed by atoms with van der Waals surface area (Å²) in [5, 5.41) is 0. The SMILES string of the molecule is Cc1cnc(C(F)(F)F)c(Br)c1N. The number of pyridine rings is 1. The van der Waals surface area contributed by atoms with Gasteiger partial charge >= 0.3 is 6.18 Å². The zero-order valence-electron chi connectivity index (χ0n) is 6.61. The number of aromatic nitrogens is 1. The molecule has 1 aromatic rings. The minimum Gasteiger partial charge on any atom is -0.397 e. The van der Waals surface area contributed by atoms with Gasteiger partial charge in [-0.2, -0.15) is 13.2 Å². The summed E-state index contributed by atoms with van der Waals surface area (Å²) in [5.74, 6) is 0. The molecule has 0 unspecified atom stereocenters. The van der Waals surface area contributed by atoms with Gasteiger partial charge in [0, 0.05) is 6.20 Å². The molecule has 0 atom stereocenters. The van der Waals surface area contributed by atoms with Crippen LogP contribution in [-0.4, -0.2) is 4.98 Å². The molecule has 0 spiro atoms. The number of nitrogens with zero attached hydrogens (tertiary/aromatic N) is 1. The number of rotatable bonds is 0. The number of hydrogen-bond donors (Lipinski definition) is 1. The fourth-order valence-electron chi connectivity index (χ4n) is 0.786. The van der Waals surface area contributed by atoms with E-state index in [0.29, 0.717) is 5.56 Å². The quantitative estimate of drug-likeness (QED) is 0.774. The Balaban J connectivity index is 3.35. The van der Waals surface area contributed by atoms with Gasteiger partial charge in [-0.1, -0.05) is 0 Å². The number of alkyl halides is 3. The fourth-order valence-corrected chi connectivity index (χ4v) is 1.43. The summed E-state index contributed by atoms with van der Waals surface area (Å²) in [6.45, 7) is 1.59. The second-order valence-electron chi connectivity index (χ2n) is 2.52. The Morgan fingerprint density at radius 1 is 1.46 bits per heavy atom. The smallest absolute Gasteiger partial charge is 0.397 e. The van der Waals surface area contributed by atoms with E-state index in [4.69, 9.17) is 5.73 Å². The van der Waals surface area contributed by atoms with E-state index in [1.54, 1.807) is 6.92 Å². The lowest BCUT2D eigenvalue weighted by Gasteiger charge is -2.10. The third-order valence-electron chi connectivity index (χ3n) is 1.53. The van der Waals surface area contributed by atoms with Crippen LogP contribution in [0, 0.1) is 6.92 Å². The van der Waals surface area contributed by atoms with Gasteiger partial charge < -0.3 is 5.73 Å². The second kappa shape index (κ2) is 3.17. The number of hydrogen-bond acceptors (Lipinski definition) is 2. The summed E-state index contributed by atoms with van der Waals surface area (Å²) in [4.78, 5) is 3.26. The normalized spacial score (nSPS) is 11.8. The van der Waals surface area contributed by atoms with Crippen LogP contribution in [0.3, 0.4) is 0 Å². The highest BCUT2D eigenvalue weighted by Gasteiger charge is 2.35. The van der Waals surface area contributed by atoms with Crippen LogP contribution in [0.15, 0.2) is 10.7 Å². The van der Waals surface area contributed by atoms with E-state index in [-0.39, 0.29) is 10.2 Å². The third kappa shape index (κ3) is 1.93. The first-order valence-corrected chi connectivity index (χ1v) is 4.11. The van der Waals surface area contributed by atoms with Gasteiger partial charge in [-0.15, -0.1) is 0 Å². The van der Waals surface area contributed by atoms with Crippen molar-refractivity contribution in [3.8, 4) is 0 Å². The van der Waals surface area contributed by atoms with Crippen molar-refractivity contribution in [3.63, 3.8) is 0 Å². The molecule has 2 nitrogen and oxygen atoms in total. The molecule has 0 fully saturated rings. The summed E-state index contributed by atoms with van der Waals surface area (Å²) in [7, 11) is 0. The average molecular weight is 255 g/mol. The average Bonchev–Trinajstić information content (AvgIpc) is 1.98. The van der Waals surface area contributed by atoms with Crippen molar-refractivity contribution >= 4 is 21.6 Å². The molecular formula is C7H6BrF3N2. The Bertz CT molecular complexity index is 335. The molecule has 0 radical (unpaired) electrons. The molecule has 72 valence electrons. The molecular weight excluding hydrogens is 249 g/mol. The Morgan fingerprint density at radius 3 is 2.46 bits per heavy atom. The van der Waals surface area contributed by atoms with Crippen molar-refractivity contribution in [1.29, 1.82) is 0 Å². The molecule has 0 saturated carbocycles. The van der Waals surface area contributed by atoms with Crippen LogP contribution in [0.5, 0.6) is 0 Å². The predicted molar refractivity (Wildman–Crippen MR) is 46.1 cm³/mol. The van der Waals surface area contributed by atoms with E-state index in [0.717, 1.165) is 6.20 Å². The van der Waals surface area contributed by atoms with Crippen molar-refractivity contribution in [2.45, 2.75) is 13.1 Å². The van der Waals surface area contributed by atoms with Crippen LogP contribution in [0.4, 0.5) is 18.9 Å². The maximum absolute atomic E-state index is 12.2. The molecule has 1 aromatic heterocycles. The monoisotopic (exact) mass is 254 g/mol. The summed E-state index contributed by atoms with van der Waals surface area (Å²) < 4.78 is 36.4. The first kappa shape index (κ1) is 10.3. The minimum absolute atomic E-state index is 0.0716. The van der Waals surface area contributed by atoms with Crippen molar-refractivity contribution in [1.82, 2.24) is 4.98 Å². The van der Waals surface area contributed by atoms with Gasteiger partial charge in [0.15, 0.2) is 5.69 Å². The molecule has 0 aliphatic rings. The summed E-state index contributed by atoms with van der Waals surface area (Å²) >= 11 is 2.76. The van der Waals surface area contributed by atoms with Crippen molar-refractivity contribution in [3.05, 3.63) is 21.9 Å². The predicted octanol–water partition coefficient (Wildman–Crippen LogP) is 2.75. The Kier molecular flexibility index (Phi) is 2.51. The topological polar surface area (TPSA) is 38.9 Å². The number of aryl methyl sites for hydroxylation is 1. The standard InChI is InChI=1S/C7H6BrF3N2/c1-3-2-13-6(7(9,10)11)4(8)5(3)12/h2H,1H3,(H2,12,13). The highest BCUT2D eigenvalue weighted by molar-refractivity contribution is 9.10. The van der Waals surface area contributed by atoms with Gasteiger partial charge in [-0.05, 0) is 28.4 Å². The van der Waals surface area contributed by atoms with Crippen molar-refractivity contribution in [2.75, 3.05) is 5.73 Å². The van der Waals surface area contributed by atoms with E-state index in [1.165, 1.54) is 0 Å². The summed E-state index contributed by atoms with van der Waals surface area (Å²) in [5.41, 5.74) is 4.99. The van der Waals surface area contributed by atoms with Gasteiger partial charge in [-0.3, -0.25) is 4.98 Å². The molecule has 0 saturated heterocycles. The van der Waals surface area contributed by atoms with Gasteiger partial charge in [0.25, 0.3) is 0 Å². The van der Waals surface area contributed by atoms with E-state index < -0.39 is 11.9 Å². The van der Waals surface area contributed by atoms with Gasteiger partial charge in [0.2, 0.25) is 0 Å². The number of anilines is 1. The lowest BCUT2D eigenvalue weighted by molar-refractivity contribution is -0.141. The summed E-state index contributed by atoms with van der Waals surface area (Å²) in [6, 6.07) is 0. The highest BCUT2D eigenvalue weighted by atomic mass is 79.9. The van der Waals surface area contributed by atoms with Crippen LogP contribution < -0.4 is 5.73 Å². The summed E-state index contributed by atoms with van der Waals surface area (Å²) in [6.07, 6.45) is -3.37. The molecule has 0 bridgehead atoms. The molecule has 1 rings (SSSR count). The van der Waals surface area contributed by atoms with Gasteiger partial charge in [0.05, 0.1) is 10.2 Å². The maximum atomic E-state index is 12.2. The van der Waals surface area contributed by atoms with Gasteiger partial charge in [-0.25, -0.2) is 0 Å². The van der Waals surface area contributed by atoms with Crippen molar-refractivity contribution in [2.24, 2.45) is 0 Å². The fraction of sp³-hybridized carbons (Fsp3) is 0.286. The second-order valence-corrected chi connectivity index (χ2v) is 3.31. The largest absolute Gasteiger partial charge is 0.434 e. The zero-order chi connectivity index (χ0) is 10.2. The highest BCUT2D eigenvalue weighted by Crippen LogP contribution is 2.36. The lowest BCUT2D eigenvalue weighted by atomic mass is 10.2. The Morgan fingerprint density at radius 2 is 2.00 bits per heavy atom. The number of nitrogens with two attached hydrogens (primary N) is 1. The Hall–Kier alpha value is -0.780. The zero-order valence-corrected chi connectivity index (χ0v) is 8.20. The van der Waals surface area contributed by atoms with Crippen LogP contribution in [0.25, 0.3) is 0 Å². The van der Waals surface area contributed by atoms with E-state index in [1.807, 2.05) is 0 Å². The molecule has 6 heteroatoms. The van der Waals surface area contributed by atoms with E-state index >= 15 is 0 Å². The van der Waals surface area contributed by atoms with Crippen LogP contribution in [0.2, 0.25) is 0 Å². The first-order valence-electron chi connectivity index (χ1n) is 3.32. The third-order valence-corrected chi connectivity index (χ3v) is 2.33. The number of nitrogen functional groups attached to an aromatic ring is 1. The van der Waals surface area contributed by atoms with Gasteiger partial charge in [0.1, 0.15) is 0 Å². The van der Waals surface area contributed by atoms with Crippen LogP contribution in [0.1, 0.15) is 11.3 Å². The van der Waals surface area contributed by atoms with Crippen molar-refractivity contribution < 1.29 is 13.2 Å². The van der Waals surface area contributed by atoms with Crippen LogP contribution >= 0.6 is 15.9 Å². The molecule has 0 aliphatic carbocycles. The minimum atomic E-state index is -4.47. The molecule has 0 aromatic carbocycles. The van der Waals surface area contributed by atoms with E-state index in [2.05, 4.69) is 20.9 Å². The first-order chi connectivity index (χ1) is 5.84.